The molecule has 0 saturated carbocycles. The monoisotopic (exact) mass is 469 g/mol. The van der Waals surface area contributed by atoms with Gasteiger partial charge in [0.15, 0.2) is 0 Å². The second kappa shape index (κ2) is 9.74. The van der Waals surface area contributed by atoms with Gasteiger partial charge in [0.05, 0.1) is 11.8 Å². The summed E-state index contributed by atoms with van der Waals surface area (Å²) >= 11 is 0. The van der Waals surface area contributed by atoms with E-state index in [0.717, 1.165) is 30.6 Å². The Morgan fingerprint density at radius 3 is 2.29 bits per heavy atom. The van der Waals surface area contributed by atoms with Crippen molar-refractivity contribution in [2.75, 3.05) is 25.0 Å². The van der Waals surface area contributed by atoms with E-state index in [9.17, 15) is 14.7 Å². The molecule has 2 saturated heterocycles. The Bertz CT molecular complexity index is 1240. The summed E-state index contributed by atoms with van der Waals surface area (Å²) < 4.78 is 5.80. The number of rotatable bonds is 6. The first-order valence-electron chi connectivity index (χ1n) is 11.6. The van der Waals surface area contributed by atoms with Crippen molar-refractivity contribution in [1.82, 2.24) is 9.80 Å². The third-order valence-electron chi connectivity index (χ3n) is 6.27. The molecule has 0 aromatic heterocycles. The number of aliphatic hydroxyl groups is 1. The van der Waals surface area contributed by atoms with E-state index in [4.69, 9.17) is 4.74 Å². The molecule has 2 aliphatic rings. The molecule has 2 aliphatic heterocycles. The molecule has 1 atom stereocenters. The molecular formula is C28H27N3O4. The molecule has 5 rings (SSSR count). The maximum atomic E-state index is 13.2. The SMILES string of the molecule is CN1C(=O)N(c2ccc(Oc3ccccc3)cc2)C(=O)/C1=C/c1ccc(CN2CCC(O)C2)cc1. The lowest BCUT2D eigenvalue weighted by Gasteiger charge is -2.15. The van der Waals surface area contributed by atoms with Crippen molar-refractivity contribution < 1.29 is 19.4 Å². The summed E-state index contributed by atoms with van der Waals surface area (Å²) in [5.41, 5.74) is 2.78. The number of hydrogen-bond acceptors (Lipinski definition) is 5. The highest BCUT2D eigenvalue weighted by atomic mass is 16.5. The van der Waals surface area contributed by atoms with Gasteiger partial charge < -0.3 is 9.84 Å². The number of ether oxygens (including phenoxy) is 1. The van der Waals surface area contributed by atoms with E-state index in [1.165, 1.54) is 9.80 Å². The van der Waals surface area contributed by atoms with Crippen LogP contribution < -0.4 is 9.64 Å². The van der Waals surface area contributed by atoms with Crippen LogP contribution in [0.5, 0.6) is 11.5 Å². The number of imide groups is 1. The molecule has 3 amide bonds. The highest BCUT2D eigenvalue weighted by Gasteiger charge is 2.39. The fourth-order valence-electron chi connectivity index (χ4n) is 4.36. The van der Waals surface area contributed by atoms with Crippen molar-refractivity contribution in [2.24, 2.45) is 0 Å². The quantitative estimate of drug-likeness (QED) is 0.426. The Kier molecular flexibility index (Phi) is 6.35. The number of β-amino-alcohol motifs (C(OH)–C–C–N with tert-alkyl or cyclic N) is 1. The number of anilines is 1. The van der Waals surface area contributed by atoms with Crippen molar-refractivity contribution in [3.63, 3.8) is 0 Å². The lowest BCUT2D eigenvalue weighted by Crippen LogP contribution is -2.31. The normalized spacial score (nSPS) is 19.7. The molecule has 3 aromatic carbocycles. The van der Waals surface area contributed by atoms with Crippen molar-refractivity contribution >= 4 is 23.7 Å². The summed E-state index contributed by atoms with van der Waals surface area (Å²) in [5.74, 6) is 0.957. The molecule has 7 heteroatoms. The zero-order chi connectivity index (χ0) is 24.4. The average molecular weight is 470 g/mol. The second-order valence-corrected chi connectivity index (χ2v) is 8.84. The van der Waals surface area contributed by atoms with Crippen LogP contribution in [0.2, 0.25) is 0 Å². The zero-order valence-corrected chi connectivity index (χ0v) is 19.5. The maximum absolute atomic E-state index is 13.2. The van der Waals surface area contributed by atoms with Gasteiger partial charge in [-0.05, 0) is 60.0 Å². The number of aliphatic hydroxyl groups excluding tert-OH is 1. The lowest BCUT2D eigenvalue weighted by atomic mass is 10.1. The van der Waals surface area contributed by atoms with Crippen molar-refractivity contribution in [3.8, 4) is 11.5 Å². The lowest BCUT2D eigenvalue weighted by molar-refractivity contribution is -0.114. The Balaban J connectivity index is 1.29. The van der Waals surface area contributed by atoms with Gasteiger partial charge in [-0.25, -0.2) is 9.69 Å². The molecule has 178 valence electrons. The van der Waals surface area contributed by atoms with Gasteiger partial charge in [-0.3, -0.25) is 14.6 Å². The van der Waals surface area contributed by atoms with Gasteiger partial charge in [0, 0.05) is 26.7 Å². The van der Waals surface area contributed by atoms with Crippen molar-refractivity contribution in [2.45, 2.75) is 19.1 Å². The van der Waals surface area contributed by atoms with E-state index in [1.807, 2.05) is 54.6 Å². The number of nitrogens with zero attached hydrogens (tertiary/aromatic N) is 3. The molecule has 0 spiro atoms. The molecule has 3 aromatic rings. The number of benzene rings is 3. The Morgan fingerprint density at radius 2 is 1.63 bits per heavy atom. The van der Waals surface area contributed by atoms with Crippen molar-refractivity contribution in [3.05, 3.63) is 95.7 Å². The van der Waals surface area contributed by atoms with Crippen LogP contribution in [0.3, 0.4) is 0 Å². The van der Waals surface area contributed by atoms with Crippen LogP contribution in [0.15, 0.2) is 84.6 Å². The summed E-state index contributed by atoms with van der Waals surface area (Å²) in [7, 11) is 1.60. The number of urea groups is 1. The summed E-state index contributed by atoms with van der Waals surface area (Å²) in [6, 6.07) is 23.8. The third-order valence-corrected chi connectivity index (χ3v) is 6.27. The number of likely N-dealkylation sites (N-methyl/N-ethyl adjacent to an activating group) is 1. The molecule has 7 nitrogen and oxygen atoms in total. The summed E-state index contributed by atoms with van der Waals surface area (Å²) in [6.45, 7) is 2.37. The minimum Gasteiger partial charge on any atom is -0.457 e. The van der Waals surface area contributed by atoms with E-state index in [1.54, 1.807) is 37.4 Å². The number of para-hydroxylation sites is 1. The van der Waals surface area contributed by atoms with Gasteiger partial charge in [-0.2, -0.15) is 0 Å². The van der Waals surface area contributed by atoms with Gasteiger partial charge >= 0.3 is 6.03 Å². The number of carbonyl (C=O) groups excluding carboxylic acids is 2. The molecule has 2 heterocycles. The van der Waals surface area contributed by atoms with Crippen LogP contribution in [0.1, 0.15) is 17.5 Å². The minimum atomic E-state index is -0.401. The molecule has 35 heavy (non-hydrogen) atoms. The highest BCUT2D eigenvalue weighted by Crippen LogP contribution is 2.30. The fraction of sp³-hybridized carbons (Fsp3) is 0.214. The van der Waals surface area contributed by atoms with Gasteiger partial charge in [0.1, 0.15) is 17.2 Å². The minimum absolute atomic E-state index is 0.240. The number of likely N-dealkylation sites (tertiary alicyclic amines) is 1. The Morgan fingerprint density at radius 1 is 0.943 bits per heavy atom. The maximum Gasteiger partial charge on any atom is 0.336 e. The molecule has 0 aliphatic carbocycles. The first kappa shape index (κ1) is 22.8. The highest BCUT2D eigenvalue weighted by molar-refractivity contribution is 6.28. The first-order valence-corrected chi connectivity index (χ1v) is 11.6. The van der Waals surface area contributed by atoms with Crippen LogP contribution in [0.25, 0.3) is 6.08 Å². The molecule has 0 bridgehead atoms. The Labute approximate surface area is 204 Å². The largest absolute Gasteiger partial charge is 0.457 e. The zero-order valence-electron chi connectivity index (χ0n) is 19.5. The van der Waals surface area contributed by atoms with E-state index >= 15 is 0 Å². The van der Waals surface area contributed by atoms with E-state index < -0.39 is 6.03 Å². The van der Waals surface area contributed by atoms with Crippen LogP contribution in [-0.2, 0) is 11.3 Å². The van der Waals surface area contributed by atoms with Gasteiger partial charge in [0.2, 0.25) is 0 Å². The van der Waals surface area contributed by atoms with Crippen LogP contribution in [0, 0.1) is 0 Å². The standard InChI is InChI=1S/C28H27N3O4/c1-29-26(17-20-7-9-21(10-8-20)18-30-16-15-23(32)19-30)27(33)31(28(29)34)22-11-13-25(14-12-22)35-24-5-3-2-4-6-24/h2-14,17,23,32H,15-16,18-19H2,1H3/b26-17-. The van der Waals surface area contributed by atoms with Crippen LogP contribution >= 0.6 is 0 Å². The first-order chi connectivity index (χ1) is 17.0. The van der Waals surface area contributed by atoms with Gasteiger partial charge in [-0.1, -0.05) is 42.5 Å². The topological polar surface area (TPSA) is 73.3 Å². The fourth-order valence-corrected chi connectivity index (χ4v) is 4.36. The third kappa shape index (κ3) is 4.96. The molecule has 2 fully saturated rings. The summed E-state index contributed by atoms with van der Waals surface area (Å²) in [5, 5.41) is 9.71. The summed E-state index contributed by atoms with van der Waals surface area (Å²) in [4.78, 5) is 30.8. The number of hydrogen-bond donors (Lipinski definition) is 1. The summed E-state index contributed by atoms with van der Waals surface area (Å²) in [6.07, 6.45) is 2.30. The molecule has 1 unspecified atom stereocenters. The molecular weight excluding hydrogens is 442 g/mol. The number of carbonyl (C=O) groups is 2. The molecule has 0 radical (unpaired) electrons. The smallest absolute Gasteiger partial charge is 0.336 e. The van der Waals surface area contributed by atoms with E-state index in [0.29, 0.717) is 29.4 Å². The predicted octanol–water partition coefficient (Wildman–Crippen LogP) is 4.49. The van der Waals surface area contributed by atoms with E-state index in [2.05, 4.69) is 4.90 Å². The average Bonchev–Trinajstić information content (AvgIpc) is 3.37. The Hall–Kier alpha value is -3.94. The van der Waals surface area contributed by atoms with Gasteiger partial charge in [-0.15, -0.1) is 0 Å². The predicted molar refractivity (Wildman–Crippen MR) is 134 cm³/mol. The van der Waals surface area contributed by atoms with Crippen molar-refractivity contribution in [1.29, 1.82) is 0 Å². The number of amides is 3. The van der Waals surface area contributed by atoms with Crippen LogP contribution in [-0.4, -0.2) is 53.1 Å². The van der Waals surface area contributed by atoms with Gasteiger partial charge in [0.25, 0.3) is 5.91 Å². The van der Waals surface area contributed by atoms with E-state index in [-0.39, 0.29) is 12.0 Å². The second-order valence-electron chi connectivity index (χ2n) is 8.84. The molecule has 1 N–H and O–H groups in total. The van der Waals surface area contributed by atoms with Crippen LogP contribution in [0.4, 0.5) is 10.5 Å².